The maximum Gasteiger partial charge on any atom is 0.0545 e. The van der Waals surface area contributed by atoms with Crippen LogP contribution in [-0.2, 0) is 11.8 Å². The average molecular weight is 388 g/mol. The van der Waals surface area contributed by atoms with E-state index in [-0.39, 0.29) is 12.0 Å². The summed E-state index contributed by atoms with van der Waals surface area (Å²) in [6, 6.07) is 6.23. The maximum absolute atomic E-state index is 10.5. The monoisotopic (exact) mass is 387 g/mol. The number of benzene rings is 1. The lowest BCUT2D eigenvalue weighted by atomic mass is 9.69. The van der Waals surface area contributed by atoms with E-state index in [1.807, 2.05) is 6.07 Å². The highest BCUT2D eigenvalue weighted by atomic mass is 35.5. The summed E-state index contributed by atoms with van der Waals surface area (Å²) in [7, 11) is 0. The first-order chi connectivity index (χ1) is 13.1. The Balaban J connectivity index is 1.81. The summed E-state index contributed by atoms with van der Waals surface area (Å²) in [5.74, 6) is 1.52. The molecule has 2 nitrogen and oxygen atoms in total. The summed E-state index contributed by atoms with van der Waals surface area (Å²) in [5.41, 5.74) is 2.43. The van der Waals surface area contributed by atoms with Gasteiger partial charge < -0.3 is 10.0 Å². The molecule has 3 atom stereocenters. The number of fused-ring (bicyclic) bond motifs is 1. The molecular weight excluding hydrogens is 354 g/mol. The molecule has 1 N–H and O–H groups in total. The number of aryl methyl sites for hydroxylation is 1. The van der Waals surface area contributed by atoms with Crippen molar-refractivity contribution in [1.82, 2.24) is 4.90 Å². The Morgan fingerprint density at radius 3 is 2.81 bits per heavy atom. The topological polar surface area (TPSA) is 23.5 Å². The van der Waals surface area contributed by atoms with Gasteiger partial charge in [0.2, 0.25) is 0 Å². The first kappa shape index (κ1) is 20.5. The van der Waals surface area contributed by atoms with E-state index >= 15 is 0 Å². The maximum atomic E-state index is 10.5. The summed E-state index contributed by atoms with van der Waals surface area (Å²) >= 11 is 6.24. The number of aliphatic hydroxyl groups excluding tert-OH is 1. The molecule has 1 saturated carbocycles. The van der Waals surface area contributed by atoms with Gasteiger partial charge in [-0.2, -0.15) is 0 Å². The van der Waals surface area contributed by atoms with Gasteiger partial charge in [0.25, 0.3) is 0 Å². The molecule has 0 unspecified atom stereocenters. The second-order valence-electron chi connectivity index (χ2n) is 8.44. The largest absolute Gasteiger partial charge is 0.395 e. The standard InChI is InChI=1S/C24H34ClNO/c1-3-5-14-26(16-21-10-9-19(21)7-4-2)17-24(18-27)13-6-8-20-15-22(25)11-12-23(20)24/h4-5,11-12,14-15,19,21,27H,2-3,6-10,13,16-18H2,1H3/b14-5+/t19-,21+,24+/m1/s1. The van der Waals surface area contributed by atoms with Crippen molar-refractivity contribution in [3.63, 3.8) is 0 Å². The molecule has 0 radical (unpaired) electrons. The third-order valence-corrected chi connectivity index (χ3v) is 6.85. The van der Waals surface area contributed by atoms with E-state index < -0.39 is 0 Å². The molecule has 1 fully saturated rings. The van der Waals surface area contributed by atoms with Gasteiger partial charge in [0.05, 0.1) is 6.61 Å². The predicted octanol–water partition coefficient (Wildman–Crippen LogP) is 5.73. The molecule has 0 amide bonds. The van der Waals surface area contributed by atoms with Crippen molar-refractivity contribution in [3.05, 3.63) is 59.3 Å². The third-order valence-electron chi connectivity index (χ3n) is 6.61. The number of rotatable bonds is 9. The van der Waals surface area contributed by atoms with Crippen molar-refractivity contribution in [3.8, 4) is 0 Å². The number of halogens is 1. The van der Waals surface area contributed by atoms with Gasteiger partial charge in [-0.15, -0.1) is 6.58 Å². The van der Waals surface area contributed by atoms with E-state index in [4.69, 9.17) is 11.6 Å². The minimum absolute atomic E-state index is 0.187. The second-order valence-corrected chi connectivity index (χ2v) is 8.87. The molecule has 0 bridgehead atoms. The van der Waals surface area contributed by atoms with Crippen LogP contribution in [0.1, 0.15) is 56.6 Å². The highest BCUT2D eigenvalue weighted by Crippen LogP contribution is 2.41. The number of aliphatic hydroxyl groups is 1. The summed E-state index contributed by atoms with van der Waals surface area (Å²) in [6.07, 6.45) is 14.6. The van der Waals surface area contributed by atoms with Gasteiger partial charge in [0.15, 0.2) is 0 Å². The van der Waals surface area contributed by atoms with Gasteiger partial charge >= 0.3 is 0 Å². The van der Waals surface area contributed by atoms with Crippen molar-refractivity contribution in [2.24, 2.45) is 11.8 Å². The Labute approximate surface area is 169 Å². The fourth-order valence-corrected chi connectivity index (χ4v) is 5.14. The average Bonchev–Trinajstić information content (AvgIpc) is 2.67. The van der Waals surface area contributed by atoms with Crippen LogP contribution < -0.4 is 0 Å². The number of hydrogen-bond donors (Lipinski definition) is 1. The van der Waals surface area contributed by atoms with Crippen LogP contribution in [0.15, 0.2) is 43.1 Å². The SMILES string of the molecule is C=CC[C@@H]1CC[C@H]1CN(/C=C/CC)C[C@]1(CO)CCCc2cc(Cl)ccc21. The summed E-state index contributed by atoms with van der Waals surface area (Å²) in [4.78, 5) is 2.48. The van der Waals surface area contributed by atoms with Gasteiger partial charge in [0, 0.05) is 23.5 Å². The summed E-state index contributed by atoms with van der Waals surface area (Å²) in [6.45, 7) is 8.26. The van der Waals surface area contributed by atoms with E-state index in [1.165, 1.54) is 24.0 Å². The van der Waals surface area contributed by atoms with Crippen LogP contribution in [0.4, 0.5) is 0 Å². The molecule has 0 aromatic heterocycles. The van der Waals surface area contributed by atoms with Crippen LogP contribution in [0, 0.1) is 11.8 Å². The lowest BCUT2D eigenvalue weighted by Gasteiger charge is -2.45. The van der Waals surface area contributed by atoms with Crippen molar-refractivity contribution in [2.45, 2.75) is 57.3 Å². The van der Waals surface area contributed by atoms with Crippen LogP contribution in [-0.4, -0.2) is 29.7 Å². The Morgan fingerprint density at radius 1 is 1.33 bits per heavy atom. The van der Waals surface area contributed by atoms with Gasteiger partial charge in [-0.05, 0) is 86.2 Å². The highest BCUT2D eigenvalue weighted by molar-refractivity contribution is 6.30. The molecule has 27 heavy (non-hydrogen) atoms. The Bertz CT molecular complexity index is 670. The molecule has 0 heterocycles. The van der Waals surface area contributed by atoms with E-state index in [1.54, 1.807) is 0 Å². The quantitative estimate of drug-likeness (QED) is 0.546. The normalized spacial score (nSPS) is 27.2. The van der Waals surface area contributed by atoms with Crippen molar-refractivity contribution in [2.75, 3.05) is 19.7 Å². The molecule has 0 saturated heterocycles. The van der Waals surface area contributed by atoms with Gasteiger partial charge in [-0.3, -0.25) is 0 Å². The van der Waals surface area contributed by atoms with Crippen LogP contribution >= 0.6 is 11.6 Å². The third kappa shape index (κ3) is 4.60. The zero-order valence-corrected chi connectivity index (χ0v) is 17.4. The fraction of sp³-hybridized carbons (Fsp3) is 0.583. The van der Waals surface area contributed by atoms with Gasteiger partial charge in [-0.1, -0.05) is 36.7 Å². The van der Waals surface area contributed by atoms with Crippen LogP contribution in [0.5, 0.6) is 0 Å². The minimum Gasteiger partial charge on any atom is -0.395 e. The molecule has 3 heteroatoms. The van der Waals surface area contributed by atoms with Crippen molar-refractivity contribution in [1.29, 1.82) is 0 Å². The van der Waals surface area contributed by atoms with E-state index in [9.17, 15) is 5.11 Å². The zero-order valence-electron chi connectivity index (χ0n) is 16.7. The molecular formula is C24H34ClNO. The molecule has 1 aromatic rings. The number of allylic oxidation sites excluding steroid dienone is 2. The Kier molecular flexibility index (Phi) is 7.05. The first-order valence-electron chi connectivity index (χ1n) is 10.5. The molecule has 2 aliphatic carbocycles. The van der Waals surface area contributed by atoms with Crippen LogP contribution in [0.2, 0.25) is 5.02 Å². The lowest BCUT2D eigenvalue weighted by Crippen LogP contribution is -2.46. The smallest absolute Gasteiger partial charge is 0.0545 e. The first-order valence-corrected chi connectivity index (χ1v) is 10.9. The zero-order chi connectivity index (χ0) is 19.3. The van der Waals surface area contributed by atoms with Crippen molar-refractivity contribution >= 4 is 11.6 Å². The molecule has 0 spiro atoms. The second kappa shape index (κ2) is 9.30. The van der Waals surface area contributed by atoms with E-state index in [0.717, 1.165) is 62.1 Å². The summed E-state index contributed by atoms with van der Waals surface area (Å²) in [5, 5.41) is 11.3. The number of hydrogen-bond acceptors (Lipinski definition) is 2. The predicted molar refractivity (Wildman–Crippen MR) is 115 cm³/mol. The fourth-order valence-electron chi connectivity index (χ4n) is 4.94. The van der Waals surface area contributed by atoms with Gasteiger partial charge in [-0.25, -0.2) is 0 Å². The molecule has 0 aliphatic heterocycles. The number of nitrogens with zero attached hydrogens (tertiary/aromatic N) is 1. The Hall–Kier alpha value is -1.25. The van der Waals surface area contributed by atoms with E-state index in [0.29, 0.717) is 0 Å². The van der Waals surface area contributed by atoms with Gasteiger partial charge in [0.1, 0.15) is 0 Å². The van der Waals surface area contributed by atoms with Crippen molar-refractivity contribution < 1.29 is 5.11 Å². The summed E-state index contributed by atoms with van der Waals surface area (Å²) < 4.78 is 0. The Morgan fingerprint density at radius 2 is 2.15 bits per heavy atom. The van der Waals surface area contributed by atoms with Crippen LogP contribution in [0.3, 0.4) is 0 Å². The molecule has 148 valence electrons. The van der Waals surface area contributed by atoms with Crippen LogP contribution in [0.25, 0.3) is 0 Å². The molecule has 2 aliphatic rings. The highest BCUT2D eigenvalue weighted by Gasteiger charge is 2.39. The van der Waals surface area contributed by atoms with E-state index in [2.05, 4.69) is 48.9 Å². The minimum atomic E-state index is -0.187. The lowest BCUT2D eigenvalue weighted by molar-refractivity contribution is 0.0951. The molecule has 3 rings (SSSR count). The molecule has 1 aromatic carbocycles.